The van der Waals surface area contributed by atoms with E-state index in [1.165, 1.54) is 0 Å². The molecule has 19 heavy (non-hydrogen) atoms. The lowest BCUT2D eigenvalue weighted by molar-refractivity contribution is 0.0697. The van der Waals surface area contributed by atoms with Gasteiger partial charge in [0.1, 0.15) is 12.1 Å². The number of carboxylic acids is 1. The number of rotatable bonds is 2. The molecule has 0 saturated carbocycles. The van der Waals surface area contributed by atoms with Crippen molar-refractivity contribution in [1.29, 1.82) is 0 Å². The third-order valence-electron chi connectivity index (χ3n) is 3.43. The highest BCUT2D eigenvalue weighted by Crippen LogP contribution is 2.28. The van der Waals surface area contributed by atoms with Gasteiger partial charge in [-0.2, -0.15) is 0 Å². The van der Waals surface area contributed by atoms with Gasteiger partial charge in [0, 0.05) is 18.2 Å². The zero-order valence-electron chi connectivity index (χ0n) is 10.3. The Balaban J connectivity index is 2.11. The molecular weight excluding hydrogens is 244 g/mol. The molecule has 2 heterocycles. The first kappa shape index (κ1) is 11.9. The van der Waals surface area contributed by atoms with Crippen LogP contribution in [0.2, 0.25) is 0 Å². The van der Waals surface area contributed by atoms with Crippen molar-refractivity contribution in [3.05, 3.63) is 41.9 Å². The average Bonchev–Trinajstić information content (AvgIpc) is 2.84. The Hall–Kier alpha value is -2.14. The van der Waals surface area contributed by atoms with Crippen molar-refractivity contribution in [3.63, 3.8) is 0 Å². The lowest BCUT2D eigenvalue weighted by Crippen LogP contribution is -2.16. The van der Waals surface area contributed by atoms with Gasteiger partial charge >= 0.3 is 5.97 Å². The topological polar surface area (TPSA) is 75.3 Å². The Morgan fingerprint density at radius 2 is 2.16 bits per heavy atom. The fourth-order valence-corrected chi connectivity index (χ4v) is 2.48. The summed E-state index contributed by atoms with van der Waals surface area (Å²) in [5.41, 5.74) is 1.42. The molecule has 0 spiro atoms. The lowest BCUT2D eigenvalue weighted by Gasteiger charge is -2.19. The van der Waals surface area contributed by atoms with Crippen LogP contribution in [-0.4, -0.2) is 25.7 Å². The summed E-state index contributed by atoms with van der Waals surface area (Å²) < 4.78 is 1.73. The molecule has 5 heteroatoms. The summed E-state index contributed by atoms with van der Waals surface area (Å²) in [5.74, 6) is -0.156. The standard InChI is InChI=1S/C14H14N2O3/c17-13-7-3-6-12-15-11(8-16(12)13)9-4-1-2-5-10(9)14(18)19/h1-2,4-5,8,13,17H,3,6-7H2,(H,18,19). The van der Waals surface area contributed by atoms with Gasteiger partial charge in [-0.3, -0.25) is 0 Å². The lowest BCUT2D eigenvalue weighted by atomic mass is 10.1. The number of aliphatic hydroxyl groups excluding tert-OH is 1. The van der Waals surface area contributed by atoms with E-state index < -0.39 is 12.2 Å². The largest absolute Gasteiger partial charge is 0.478 e. The smallest absolute Gasteiger partial charge is 0.336 e. The first-order valence-electron chi connectivity index (χ1n) is 6.25. The van der Waals surface area contributed by atoms with Crippen LogP contribution < -0.4 is 0 Å². The first-order valence-corrected chi connectivity index (χ1v) is 6.25. The minimum Gasteiger partial charge on any atom is -0.478 e. The number of hydrogen-bond donors (Lipinski definition) is 2. The molecule has 0 saturated heterocycles. The van der Waals surface area contributed by atoms with E-state index in [0.29, 0.717) is 17.7 Å². The van der Waals surface area contributed by atoms with Crippen molar-refractivity contribution in [2.45, 2.75) is 25.5 Å². The van der Waals surface area contributed by atoms with Crippen LogP contribution >= 0.6 is 0 Å². The molecule has 5 nitrogen and oxygen atoms in total. The van der Waals surface area contributed by atoms with Crippen LogP contribution in [0.5, 0.6) is 0 Å². The number of aromatic carboxylic acids is 1. The molecular formula is C14H14N2O3. The summed E-state index contributed by atoms with van der Waals surface area (Å²) in [5, 5.41) is 19.1. The zero-order chi connectivity index (χ0) is 13.4. The molecule has 1 unspecified atom stereocenters. The number of imidazole rings is 1. The molecule has 0 fully saturated rings. The number of carboxylic acid groups (broad SMARTS) is 1. The number of fused-ring (bicyclic) bond motifs is 1. The molecule has 0 aliphatic carbocycles. The van der Waals surface area contributed by atoms with Crippen molar-refractivity contribution in [2.75, 3.05) is 0 Å². The third kappa shape index (κ3) is 2.02. The predicted octanol–water partition coefficient (Wildman–Crippen LogP) is 2.08. The van der Waals surface area contributed by atoms with E-state index in [9.17, 15) is 15.0 Å². The number of aromatic nitrogens is 2. The number of aryl methyl sites for hydroxylation is 1. The molecule has 1 aliphatic heterocycles. The van der Waals surface area contributed by atoms with Gasteiger partial charge in [0.2, 0.25) is 0 Å². The monoisotopic (exact) mass is 258 g/mol. The summed E-state index contributed by atoms with van der Waals surface area (Å²) in [7, 11) is 0. The van der Waals surface area contributed by atoms with Gasteiger partial charge in [0.15, 0.2) is 0 Å². The van der Waals surface area contributed by atoms with E-state index in [1.807, 2.05) is 0 Å². The van der Waals surface area contributed by atoms with E-state index in [-0.39, 0.29) is 5.56 Å². The zero-order valence-corrected chi connectivity index (χ0v) is 10.3. The molecule has 3 rings (SSSR count). The first-order chi connectivity index (χ1) is 9.16. The van der Waals surface area contributed by atoms with Gasteiger partial charge in [-0.1, -0.05) is 18.2 Å². The Morgan fingerprint density at radius 3 is 2.89 bits per heavy atom. The SMILES string of the molecule is O=C(O)c1ccccc1-c1cn2c(n1)CCCC2O. The van der Waals surface area contributed by atoms with Crippen molar-refractivity contribution < 1.29 is 15.0 Å². The van der Waals surface area contributed by atoms with E-state index in [2.05, 4.69) is 4.98 Å². The van der Waals surface area contributed by atoms with Gasteiger partial charge in [0.25, 0.3) is 0 Å². The number of aliphatic hydroxyl groups is 1. The maximum atomic E-state index is 11.2. The van der Waals surface area contributed by atoms with Gasteiger partial charge < -0.3 is 14.8 Å². The molecule has 0 bridgehead atoms. The molecule has 2 aromatic rings. The number of carbonyl (C=O) groups is 1. The van der Waals surface area contributed by atoms with Gasteiger partial charge in [0.05, 0.1) is 11.3 Å². The second-order valence-corrected chi connectivity index (χ2v) is 4.67. The summed E-state index contributed by atoms with van der Waals surface area (Å²) in [4.78, 5) is 15.7. The van der Waals surface area contributed by atoms with Gasteiger partial charge in [-0.05, 0) is 18.9 Å². The van der Waals surface area contributed by atoms with Crippen LogP contribution in [0, 0.1) is 0 Å². The average molecular weight is 258 g/mol. The maximum absolute atomic E-state index is 11.2. The van der Waals surface area contributed by atoms with Crippen molar-refractivity contribution in [1.82, 2.24) is 9.55 Å². The Morgan fingerprint density at radius 1 is 1.37 bits per heavy atom. The Bertz CT molecular complexity index is 633. The van der Waals surface area contributed by atoms with Crippen molar-refractivity contribution in [2.24, 2.45) is 0 Å². The van der Waals surface area contributed by atoms with Gasteiger partial charge in [-0.25, -0.2) is 9.78 Å². The molecule has 2 N–H and O–H groups in total. The molecule has 98 valence electrons. The van der Waals surface area contributed by atoms with Crippen LogP contribution in [0.25, 0.3) is 11.3 Å². The van der Waals surface area contributed by atoms with Crippen LogP contribution in [0.4, 0.5) is 0 Å². The maximum Gasteiger partial charge on any atom is 0.336 e. The highest BCUT2D eigenvalue weighted by Gasteiger charge is 2.21. The molecule has 0 radical (unpaired) electrons. The predicted molar refractivity (Wildman–Crippen MR) is 68.8 cm³/mol. The number of benzene rings is 1. The normalized spacial score (nSPS) is 18.1. The summed E-state index contributed by atoms with van der Waals surface area (Å²) in [6.45, 7) is 0. The van der Waals surface area contributed by atoms with E-state index in [1.54, 1.807) is 35.0 Å². The third-order valence-corrected chi connectivity index (χ3v) is 3.43. The fraction of sp³-hybridized carbons (Fsp3) is 0.286. The fourth-order valence-electron chi connectivity index (χ4n) is 2.48. The minimum absolute atomic E-state index is 0.229. The molecule has 1 aromatic heterocycles. The Labute approximate surface area is 110 Å². The van der Waals surface area contributed by atoms with Crippen LogP contribution in [0.3, 0.4) is 0 Å². The summed E-state index contributed by atoms with van der Waals surface area (Å²) in [6.07, 6.45) is 3.61. The minimum atomic E-state index is -0.970. The molecule has 1 aliphatic rings. The van der Waals surface area contributed by atoms with Gasteiger partial charge in [-0.15, -0.1) is 0 Å². The Kier molecular flexibility index (Phi) is 2.83. The van der Waals surface area contributed by atoms with Crippen molar-refractivity contribution >= 4 is 5.97 Å². The summed E-state index contributed by atoms with van der Waals surface area (Å²) >= 11 is 0. The van der Waals surface area contributed by atoms with Crippen LogP contribution in [0.15, 0.2) is 30.5 Å². The highest BCUT2D eigenvalue weighted by atomic mass is 16.4. The van der Waals surface area contributed by atoms with Crippen molar-refractivity contribution in [3.8, 4) is 11.3 Å². The van der Waals surface area contributed by atoms with E-state index >= 15 is 0 Å². The highest BCUT2D eigenvalue weighted by molar-refractivity contribution is 5.95. The molecule has 1 atom stereocenters. The van der Waals surface area contributed by atoms with Crippen LogP contribution in [-0.2, 0) is 6.42 Å². The van der Waals surface area contributed by atoms with Crippen LogP contribution in [0.1, 0.15) is 35.3 Å². The second kappa shape index (κ2) is 4.51. The second-order valence-electron chi connectivity index (χ2n) is 4.67. The van der Waals surface area contributed by atoms with E-state index in [4.69, 9.17) is 0 Å². The number of nitrogens with zero attached hydrogens (tertiary/aromatic N) is 2. The summed E-state index contributed by atoms with van der Waals surface area (Å²) in [6, 6.07) is 6.78. The quantitative estimate of drug-likeness (QED) is 0.864. The molecule has 0 amide bonds. The molecule has 1 aromatic carbocycles. The number of hydrogen-bond acceptors (Lipinski definition) is 3. The van der Waals surface area contributed by atoms with E-state index in [0.717, 1.165) is 18.7 Å².